The van der Waals surface area contributed by atoms with Crippen molar-refractivity contribution in [3.05, 3.63) is 69.5 Å². The second-order valence-corrected chi connectivity index (χ2v) is 5.13. The summed E-state index contributed by atoms with van der Waals surface area (Å²) in [4.78, 5) is 24.3. The molecule has 0 bridgehead atoms. The van der Waals surface area contributed by atoms with Crippen molar-refractivity contribution in [2.24, 2.45) is 0 Å². The van der Waals surface area contributed by atoms with Crippen LogP contribution >= 0.6 is 0 Å². The maximum atomic E-state index is 13.7. The van der Waals surface area contributed by atoms with Crippen molar-refractivity contribution in [3.8, 4) is 5.75 Å². The van der Waals surface area contributed by atoms with Crippen LogP contribution in [0.1, 0.15) is 22.8 Å². The highest BCUT2D eigenvalue weighted by Crippen LogP contribution is 2.28. The average molecular weight is 332 g/mol. The summed E-state index contributed by atoms with van der Waals surface area (Å²) >= 11 is 0. The van der Waals surface area contributed by atoms with Crippen LogP contribution in [0.5, 0.6) is 5.75 Å². The molecule has 2 rings (SSSR count). The van der Waals surface area contributed by atoms with Gasteiger partial charge in [-0.2, -0.15) is 0 Å². The van der Waals surface area contributed by atoms with E-state index in [2.05, 4.69) is 0 Å². The zero-order valence-corrected chi connectivity index (χ0v) is 13.4. The number of hydrogen-bond acceptors (Lipinski definition) is 4. The van der Waals surface area contributed by atoms with Crippen molar-refractivity contribution in [3.63, 3.8) is 0 Å². The summed E-state index contributed by atoms with van der Waals surface area (Å²) in [6.07, 6.45) is 0. The summed E-state index contributed by atoms with van der Waals surface area (Å²) in [6.45, 7) is 2.05. The van der Waals surface area contributed by atoms with Gasteiger partial charge in [0.25, 0.3) is 5.91 Å². The first-order valence-corrected chi connectivity index (χ1v) is 7.34. The van der Waals surface area contributed by atoms with Crippen molar-refractivity contribution >= 4 is 11.6 Å². The number of nitrogens with zero attached hydrogens (tertiary/aromatic N) is 2. The average Bonchev–Trinajstić information content (AvgIpc) is 2.56. The Morgan fingerprint density at radius 1 is 1.29 bits per heavy atom. The molecule has 126 valence electrons. The fourth-order valence-electron chi connectivity index (χ4n) is 2.24. The van der Waals surface area contributed by atoms with Crippen LogP contribution in [0, 0.1) is 15.9 Å². The quantitative estimate of drug-likeness (QED) is 0.600. The van der Waals surface area contributed by atoms with Crippen LogP contribution in [0.2, 0.25) is 0 Å². The molecule has 0 aromatic heterocycles. The van der Waals surface area contributed by atoms with Crippen molar-refractivity contribution in [2.75, 3.05) is 13.7 Å². The van der Waals surface area contributed by atoms with E-state index in [0.29, 0.717) is 5.56 Å². The lowest BCUT2D eigenvalue weighted by Gasteiger charge is -2.18. The molecule has 0 radical (unpaired) electrons. The maximum absolute atomic E-state index is 13.7. The van der Waals surface area contributed by atoms with Gasteiger partial charge in [0.05, 0.1) is 11.5 Å². The summed E-state index contributed by atoms with van der Waals surface area (Å²) in [7, 11) is 1.51. The van der Waals surface area contributed by atoms with Crippen molar-refractivity contribution < 1.29 is 18.8 Å². The second-order valence-electron chi connectivity index (χ2n) is 5.13. The van der Waals surface area contributed by atoms with Gasteiger partial charge in [0.1, 0.15) is 5.82 Å². The van der Waals surface area contributed by atoms with Crippen LogP contribution in [0.3, 0.4) is 0 Å². The lowest BCUT2D eigenvalue weighted by Crippen LogP contribution is -2.26. The molecule has 0 fully saturated rings. The second kappa shape index (κ2) is 7.54. The zero-order valence-electron chi connectivity index (χ0n) is 13.4. The molecule has 0 spiro atoms. The van der Waals surface area contributed by atoms with E-state index in [1.54, 1.807) is 25.1 Å². The highest BCUT2D eigenvalue weighted by molar-refractivity contribution is 5.95. The topological polar surface area (TPSA) is 72.7 Å². The molecule has 2 aromatic carbocycles. The first kappa shape index (κ1) is 17.4. The highest BCUT2D eigenvalue weighted by Gasteiger charge is 2.21. The van der Waals surface area contributed by atoms with Crippen LogP contribution in [0.4, 0.5) is 10.1 Å². The van der Waals surface area contributed by atoms with Gasteiger partial charge in [-0.05, 0) is 25.1 Å². The SMILES string of the molecule is CCOc1ccc(C(=O)N(C)Cc2ccccc2F)cc1[N+](=O)[O-]. The number of carbonyl (C=O) groups is 1. The molecule has 0 atom stereocenters. The van der Waals surface area contributed by atoms with Gasteiger partial charge in [-0.15, -0.1) is 0 Å². The molecule has 0 unspecified atom stereocenters. The number of hydrogen-bond donors (Lipinski definition) is 0. The predicted octanol–water partition coefficient (Wildman–Crippen LogP) is 3.40. The Hall–Kier alpha value is -2.96. The molecule has 0 N–H and O–H groups in total. The number of amides is 1. The molecule has 0 aliphatic heterocycles. The molecule has 0 aliphatic rings. The summed E-state index contributed by atoms with van der Waals surface area (Å²) in [6, 6.07) is 10.2. The van der Waals surface area contributed by atoms with Gasteiger partial charge in [0, 0.05) is 30.8 Å². The summed E-state index contributed by atoms with van der Waals surface area (Å²) in [5.41, 5.74) is 0.236. The summed E-state index contributed by atoms with van der Waals surface area (Å²) in [5.74, 6) is -0.741. The van der Waals surface area contributed by atoms with Gasteiger partial charge in [-0.3, -0.25) is 14.9 Å². The lowest BCUT2D eigenvalue weighted by molar-refractivity contribution is -0.385. The minimum atomic E-state index is -0.599. The third-order valence-corrected chi connectivity index (χ3v) is 3.41. The maximum Gasteiger partial charge on any atom is 0.311 e. The lowest BCUT2D eigenvalue weighted by atomic mass is 10.1. The van der Waals surface area contributed by atoms with E-state index < -0.39 is 16.6 Å². The Morgan fingerprint density at radius 3 is 2.62 bits per heavy atom. The predicted molar refractivity (Wildman–Crippen MR) is 86.5 cm³/mol. The van der Waals surface area contributed by atoms with Crippen molar-refractivity contribution in [2.45, 2.75) is 13.5 Å². The molecule has 0 saturated carbocycles. The molecule has 7 heteroatoms. The number of nitro groups is 1. The number of nitro benzene ring substituents is 1. The molecule has 2 aromatic rings. The molecule has 6 nitrogen and oxygen atoms in total. The van der Waals surface area contributed by atoms with E-state index >= 15 is 0 Å². The Morgan fingerprint density at radius 2 is 2.00 bits per heavy atom. The van der Waals surface area contributed by atoms with Crippen LogP contribution in [-0.2, 0) is 6.54 Å². The van der Waals surface area contributed by atoms with Gasteiger partial charge in [-0.1, -0.05) is 18.2 Å². The fraction of sp³-hybridized carbons (Fsp3) is 0.235. The molecule has 0 aliphatic carbocycles. The Kier molecular flexibility index (Phi) is 5.47. The summed E-state index contributed by atoms with van der Waals surface area (Å²) in [5, 5.41) is 11.1. The number of benzene rings is 2. The number of halogens is 1. The third-order valence-electron chi connectivity index (χ3n) is 3.41. The number of ether oxygens (including phenoxy) is 1. The molecule has 0 saturated heterocycles. The van der Waals surface area contributed by atoms with Gasteiger partial charge in [0.15, 0.2) is 5.75 Å². The van der Waals surface area contributed by atoms with Gasteiger partial charge < -0.3 is 9.64 Å². The molecule has 0 heterocycles. The number of rotatable bonds is 6. The van der Waals surface area contributed by atoms with Gasteiger partial charge in [0.2, 0.25) is 0 Å². The van der Waals surface area contributed by atoms with E-state index in [1.165, 1.54) is 36.2 Å². The van der Waals surface area contributed by atoms with E-state index in [1.807, 2.05) is 0 Å². The minimum Gasteiger partial charge on any atom is -0.487 e. The highest BCUT2D eigenvalue weighted by atomic mass is 19.1. The fourth-order valence-corrected chi connectivity index (χ4v) is 2.24. The van der Waals surface area contributed by atoms with E-state index in [9.17, 15) is 19.3 Å². The van der Waals surface area contributed by atoms with Gasteiger partial charge in [-0.25, -0.2) is 4.39 Å². The molecular formula is C17H17FN2O4. The minimum absolute atomic E-state index is 0.0620. The third kappa shape index (κ3) is 3.87. The molecule has 1 amide bonds. The van der Waals surface area contributed by atoms with Crippen molar-refractivity contribution in [1.82, 2.24) is 4.90 Å². The van der Waals surface area contributed by atoms with E-state index in [-0.39, 0.29) is 30.2 Å². The number of carbonyl (C=O) groups excluding carboxylic acids is 1. The van der Waals surface area contributed by atoms with E-state index in [4.69, 9.17) is 4.74 Å². The smallest absolute Gasteiger partial charge is 0.311 e. The molecular weight excluding hydrogens is 315 g/mol. The zero-order chi connectivity index (χ0) is 17.7. The normalized spacial score (nSPS) is 10.3. The summed E-state index contributed by atoms with van der Waals surface area (Å²) < 4.78 is 18.9. The van der Waals surface area contributed by atoms with Crippen LogP contribution in [-0.4, -0.2) is 29.4 Å². The Balaban J connectivity index is 2.24. The van der Waals surface area contributed by atoms with Crippen molar-refractivity contribution in [1.29, 1.82) is 0 Å². The molecule has 24 heavy (non-hydrogen) atoms. The van der Waals surface area contributed by atoms with Crippen LogP contribution in [0.25, 0.3) is 0 Å². The van der Waals surface area contributed by atoms with E-state index in [0.717, 1.165) is 0 Å². The monoisotopic (exact) mass is 332 g/mol. The first-order valence-electron chi connectivity index (χ1n) is 7.34. The van der Waals surface area contributed by atoms with Crippen LogP contribution in [0.15, 0.2) is 42.5 Å². The largest absolute Gasteiger partial charge is 0.487 e. The van der Waals surface area contributed by atoms with Gasteiger partial charge >= 0.3 is 5.69 Å². The van der Waals surface area contributed by atoms with Crippen LogP contribution < -0.4 is 4.74 Å². The first-order chi connectivity index (χ1) is 11.4. The Bertz CT molecular complexity index is 764. The Labute approximate surface area is 138 Å². The standard InChI is InChI=1S/C17H17FN2O4/c1-3-24-16-9-8-12(10-15(16)20(22)23)17(21)19(2)11-13-6-4-5-7-14(13)18/h4-10H,3,11H2,1-2H3.